The van der Waals surface area contributed by atoms with E-state index in [0.717, 1.165) is 83.5 Å². The first-order chi connectivity index (χ1) is 26.5. The molecule has 6 nitrogen and oxygen atoms in total. The fraction of sp³-hybridized carbons (Fsp3) is 0.646. The smallest absolute Gasteiger partial charge is 0.306 e. The van der Waals surface area contributed by atoms with Gasteiger partial charge in [0.15, 0.2) is 6.10 Å². The number of esters is 3. The number of rotatable bonds is 37. The summed E-state index contributed by atoms with van der Waals surface area (Å²) in [7, 11) is 0. The molecule has 1 atom stereocenters. The largest absolute Gasteiger partial charge is 0.462 e. The fourth-order valence-corrected chi connectivity index (χ4v) is 5.42. The Morgan fingerprint density at radius 1 is 0.407 bits per heavy atom. The topological polar surface area (TPSA) is 78.9 Å². The average molecular weight is 751 g/mol. The van der Waals surface area contributed by atoms with Gasteiger partial charge in [-0.1, -0.05) is 170 Å². The maximum absolute atomic E-state index is 12.7. The first-order valence-electron chi connectivity index (χ1n) is 21.6. The van der Waals surface area contributed by atoms with E-state index in [4.69, 9.17) is 14.2 Å². The number of hydrogen-bond donors (Lipinski definition) is 0. The van der Waals surface area contributed by atoms with E-state index in [1.807, 2.05) is 42.5 Å². The second kappa shape index (κ2) is 42.3. The van der Waals surface area contributed by atoms with Crippen LogP contribution in [0.5, 0.6) is 0 Å². The van der Waals surface area contributed by atoms with Crippen LogP contribution in [0.15, 0.2) is 85.1 Å². The van der Waals surface area contributed by atoms with Gasteiger partial charge < -0.3 is 14.2 Å². The first kappa shape index (κ1) is 50.6. The van der Waals surface area contributed by atoms with Gasteiger partial charge >= 0.3 is 17.9 Å². The van der Waals surface area contributed by atoms with E-state index in [0.29, 0.717) is 19.3 Å². The minimum atomic E-state index is -0.825. The van der Waals surface area contributed by atoms with E-state index in [1.165, 1.54) is 51.4 Å². The summed E-state index contributed by atoms with van der Waals surface area (Å²) in [5.41, 5.74) is 0. The highest BCUT2D eigenvalue weighted by molar-refractivity contribution is 5.71. The van der Waals surface area contributed by atoms with Crippen molar-refractivity contribution in [3.05, 3.63) is 85.1 Å². The molecule has 0 radical (unpaired) electrons. The van der Waals surface area contributed by atoms with Crippen molar-refractivity contribution in [2.45, 2.75) is 187 Å². The van der Waals surface area contributed by atoms with E-state index in [9.17, 15) is 14.4 Å². The van der Waals surface area contributed by atoms with E-state index in [-0.39, 0.29) is 31.6 Å². The minimum Gasteiger partial charge on any atom is -0.462 e. The number of ether oxygens (including phenoxy) is 3. The first-order valence-corrected chi connectivity index (χ1v) is 21.6. The van der Waals surface area contributed by atoms with Crippen LogP contribution in [-0.4, -0.2) is 37.2 Å². The Morgan fingerprint density at radius 2 is 0.852 bits per heavy atom. The lowest BCUT2D eigenvalue weighted by Crippen LogP contribution is -2.30. The Labute approximate surface area is 331 Å². The van der Waals surface area contributed by atoms with Gasteiger partial charge in [0.05, 0.1) is 0 Å². The van der Waals surface area contributed by atoms with Gasteiger partial charge in [0.2, 0.25) is 0 Å². The van der Waals surface area contributed by atoms with Crippen molar-refractivity contribution in [3.63, 3.8) is 0 Å². The van der Waals surface area contributed by atoms with Crippen LogP contribution < -0.4 is 0 Å². The summed E-state index contributed by atoms with van der Waals surface area (Å²) in [6.45, 7) is 6.31. The number of carbonyl (C=O) groups excluding carboxylic acids is 3. The summed E-state index contributed by atoms with van der Waals surface area (Å²) >= 11 is 0. The van der Waals surface area contributed by atoms with E-state index < -0.39 is 12.1 Å². The molecule has 0 amide bonds. The zero-order chi connectivity index (χ0) is 39.4. The molecule has 0 aliphatic rings. The third kappa shape index (κ3) is 39.8. The van der Waals surface area contributed by atoms with Crippen molar-refractivity contribution >= 4 is 17.9 Å². The van der Waals surface area contributed by atoms with Crippen molar-refractivity contribution in [3.8, 4) is 0 Å². The molecule has 0 bridgehead atoms. The Morgan fingerprint density at radius 3 is 1.44 bits per heavy atom. The molecule has 0 fully saturated rings. The standard InChI is InChI=1S/C48H78O6/c1-4-7-10-13-16-19-22-24-26-29-32-35-38-41-47(50)53-44-45(43-52-46(49)40-37-34-31-28-21-18-15-12-9-6-3)54-48(51)42-39-36-33-30-27-25-23-20-17-14-11-8-5-2/h7,10,13,15-16,18-19,22,24-27,33,36,45H,4-6,8-9,11-12,14,17,20-21,23,28-32,34-35,37-44H2,1-3H3/b10-7-,16-13-,18-15-,22-19-,26-24-,27-25-,36-33-. The lowest BCUT2D eigenvalue weighted by atomic mass is 10.1. The molecule has 0 aliphatic heterocycles. The third-order valence-electron chi connectivity index (χ3n) is 8.71. The molecule has 0 N–H and O–H groups in total. The molecule has 0 aromatic carbocycles. The molecule has 0 saturated carbocycles. The van der Waals surface area contributed by atoms with Gasteiger partial charge in [-0.25, -0.2) is 0 Å². The predicted molar refractivity (Wildman–Crippen MR) is 228 cm³/mol. The lowest BCUT2D eigenvalue weighted by molar-refractivity contribution is -0.166. The summed E-state index contributed by atoms with van der Waals surface area (Å²) in [5.74, 6) is -1.05. The van der Waals surface area contributed by atoms with Crippen molar-refractivity contribution in [1.29, 1.82) is 0 Å². The maximum atomic E-state index is 12.7. The predicted octanol–water partition coefficient (Wildman–Crippen LogP) is 13.7. The molecular weight excluding hydrogens is 673 g/mol. The van der Waals surface area contributed by atoms with Gasteiger partial charge in [-0.05, 0) is 77.0 Å². The second-order valence-corrected chi connectivity index (χ2v) is 14.0. The number of unbranched alkanes of at least 4 members (excludes halogenated alkanes) is 15. The molecule has 0 heterocycles. The normalized spacial score (nSPS) is 12.9. The van der Waals surface area contributed by atoms with Crippen molar-refractivity contribution < 1.29 is 28.6 Å². The molecule has 0 rings (SSSR count). The molecule has 54 heavy (non-hydrogen) atoms. The van der Waals surface area contributed by atoms with Crippen molar-refractivity contribution in [1.82, 2.24) is 0 Å². The Bertz CT molecular complexity index is 1090. The van der Waals surface area contributed by atoms with Crippen LogP contribution in [0.3, 0.4) is 0 Å². The van der Waals surface area contributed by atoms with Gasteiger partial charge in [-0.3, -0.25) is 14.4 Å². The van der Waals surface area contributed by atoms with Crippen LogP contribution in [0.1, 0.15) is 181 Å². The molecule has 0 aliphatic carbocycles. The van der Waals surface area contributed by atoms with E-state index in [2.05, 4.69) is 63.3 Å². The van der Waals surface area contributed by atoms with Crippen LogP contribution >= 0.6 is 0 Å². The maximum Gasteiger partial charge on any atom is 0.306 e. The van der Waals surface area contributed by atoms with Crippen LogP contribution in [0.2, 0.25) is 0 Å². The lowest BCUT2D eigenvalue weighted by Gasteiger charge is -2.18. The SMILES string of the molecule is CC\C=C/C=C\C=C/C=C\CCCCCC(=O)OCC(COC(=O)CCCCCC/C=C\CCCC)OC(=O)CC/C=C\C/C=C\CCCCCCCC. The van der Waals surface area contributed by atoms with Crippen LogP contribution in [-0.2, 0) is 28.6 Å². The van der Waals surface area contributed by atoms with E-state index >= 15 is 0 Å². The molecule has 0 spiro atoms. The number of allylic oxidation sites excluding steroid dienone is 14. The number of hydrogen-bond acceptors (Lipinski definition) is 6. The highest BCUT2D eigenvalue weighted by atomic mass is 16.6. The highest BCUT2D eigenvalue weighted by Crippen LogP contribution is 2.11. The zero-order valence-electron chi connectivity index (χ0n) is 34.7. The molecule has 0 aromatic heterocycles. The van der Waals surface area contributed by atoms with Crippen LogP contribution in [0, 0.1) is 0 Å². The summed E-state index contributed by atoms with van der Waals surface area (Å²) in [4.78, 5) is 37.6. The van der Waals surface area contributed by atoms with Gasteiger partial charge in [-0.2, -0.15) is 0 Å². The molecule has 6 heteroatoms. The van der Waals surface area contributed by atoms with E-state index in [1.54, 1.807) is 0 Å². The molecule has 0 saturated heterocycles. The van der Waals surface area contributed by atoms with Crippen LogP contribution in [0.4, 0.5) is 0 Å². The van der Waals surface area contributed by atoms with Crippen LogP contribution in [0.25, 0.3) is 0 Å². The summed E-state index contributed by atoms with van der Waals surface area (Å²) in [6, 6.07) is 0. The fourth-order valence-electron chi connectivity index (χ4n) is 5.42. The third-order valence-corrected chi connectivity index (χ3v) is 8.71. The average Bonchev–Trinajstić information content (AvgIpc) is 3.17. The van der Waals surface area contributed by atoms with Crippen molar-refractivity contribution in [2.75, 3.05) is 13.2 Å². The molecular formula is C48H78O6. The van der Waals surface area contributed by atoms with Gasteiger partial charge in [0.25, 0.3) is 0 Å². The molecule has 0 aromatic rings. The van der Waals surface area contributed by atoms with Crippen molar-refractivity contribution in [2.24, 2.45) is 0 Å². The minimum absolute atomic E-state index is 0.119. The summed E-state index contributed by atoms with van der Waals surface area (Å²) < 4.78 is 16.5. The quantitative estimate of drug-likeness (QED) is 0.0207. The Hall–Kier alpha value is -3.41. The summed E-state index contributed by atoms with van der Waals surface area (Å²) in [6.07, 6.45) is 52.9. The second-order valence-electron chi connectivity index (χ2n) is 14.0. The molecule has 306 valence electrons. The Balaban J connectivity index is 4.56. The monoisotopic (exact) mass is 751 g/mol. The Kier molecular flexibility index (Phi) is 39.7. The molecule has 1 unspecified atom stereocenters. The van der Waals surface area contributed by atoms with Gasteiger partial charge in [0.1, 0.15) is 13.2 Å². The summed E-state index contributed by atoms with van der Waals surface area (Å²) in [5, 5.41) is 0. The highest BCUT2D eigenvalue weighted by Gasteiger charge is 2.19. The van der Waals surface area contributed by atoms with Gasteiger partial charge in [0, 0.05) is 19.3 Å². The zero-order valence-corrected chi connectivity index (χ0v) is 34.7. The number of carbonyl (C=O) groups is 3. The van der Waals surface area contributed by atoms with Gasteiger partial charge in [-0.15, -0.1) is 0 Å².